The first kappa shape index (κ1) is 18.0. The molecule has 3 amide bonds. The van der Waals surface area contributed by atoms with Gasteiger partial charge < -0.3 is 10.6 Å². The minimum Gasteiger partial charge on any atom is -0.341 e. The summed E-state index contributed by atoms with van der Waals surface area (Å²) >= 11 is 5.92. The van der Waals surface area contributed by atoms with Crippen molar-refractivity contribution in [1.29, 1.82) is 0 Å². The Morgan fingerprint density at radius 3 is 2.21 bits per heavy atom. The van der Waals surface area contributed by atoms with Gasteiger partial charge in [-0.05, 0) is 19.1 Å². The Hall–Kier alpha value is -2.37. The molecule has 126 valence electrons. The van der Waals surface area contributed by atoms with E-state index in [2.05, 4.69) is 10.6 Å². The number of hydrogen-bond donors (Lipinski definition) is 3. The highest BCUT2D eigenvalue weighted by molar-refractivity contribution is 6.30. The molecule has 2 atom stereocenters. The lowest BCUT2D eigenvalue weighted by Gasteiger charge is -2.20. The van der Waals surface area contributed by atoms with Gasteiger partial charge in [0, 0.05) is 23.2 Å². The Balaban J connectivity index is 2.20. The zero-order valence-electron chi connectivity index (χ0n) is 13.6. The van der Waals surface area contributed by atoms with Crippen molar-refractivity contribution in [2.75, 3.05) is 7.05 Å². The predicted octanol–water partition coefficient (Wildman–Crippen LogP) is 2.16. The molecule has 0 aliphatic carbocycles. The van der Waals surface area contributed by atoms with Gasteiger partial charge in [-0.1, -0.05) is 54.1 Å². The molecule has 0 radical (unpaired) electrons. The second-order valence-corrected chi connectivity index (χ2v) is 5.93. The van der Waals surface area contributed by atoms with Crippen molar-refractivity contribution < 1.29 is 14.9 Å². The predicted molar refractivity (Wildman–Crippen MR) is 93.6 cm³/mol. The lowest BCUT2D eigenvalue weighted by atomic mass is 10.0. The maximum atomic E-state index is 12.5. The summed E-state index contributed by atoms with van der Waals surface area (Å²) in [6.07, 6.45) is 0. The van der Waals surface area contributed by atoms with Crippen LogP contribution in [0.3, 0.4) is 0 Å². The third-order valence-corrected chi connectivity index (χ3v) is 4.03. The molecule has 0 saturated carbocycles. The monoisotopic (exact) mass is 346 g/mol. The first-order valence-corrected chi connectivity index (χ1v) is 8.07. The normalized spacial score (nSPS) is 13.0. The highest BCUT2D eigenvalue weighted by Gasteiger charge is 2.28. The van der Waals surface area contributed by atoms with E-state index in [9.17, 15) is 9.59 Å². The number of rotatable bonds is 5. The summed E-state index contributed by atoms with van der Waals surface area (Å²) in [7, 11) is 1.47. The van der Waals surface area contributed by atoms with Gasteiger partial charge in [0.05, 0.1) is 0 Å². The van der Waals surface area contributed by atoms with Crippen LogP contribution in [0.25, 0.3) is 0 Å². The molecule has 0 aliphatic rings. The molecule has 2 aromatic carbocycles. The quantitative estimate of drug-likeness (QED) is 0.776. The molecule has 0 saturated heterocycles. The van der Waals surface area contributed by atoms with Crippen LogP contribution in [0.5, 0.6) is 0 Å². The fourth-order valence-corrected chi connectivity index (χ4v) is 2.55. The molecule has 5 nitrogen and oxygen atoms in total. The molecular weight excluding hydrogens is 326 g/mol. The summed E-state index contributed by atoms with van der Waals surface area (Å²) < 4.78 is 0. The molecule has 2 aromatic rings. The number of hydrogen-bond acceptors (Lipinski definition) is 2. The summed E-state index contributed by atoms with van der Waals surface area (Å²) in [5, 5.41) is 7.34. The van der Waals surface area contributed by atoms with Crippen molar-refractivity contribution >= 4 is 23.5 Å². The Bertz CT molecular complexity index is 689. The minimum atomic E-state index is -0.533. The van der Waals surface area contributed by atoms with Gasteiger partial charge in [-0.25, -0.2) is 4.79 Å². The van der Waals surface area contributed by atoms with Crippen LogP contribution in [0, 0.1) is 0 Å². The van der Waals surface area contributed by atoms with E-state index in [-0.39, 0.29) is 11.9 Å². The van der Waals surface area contributed by atoms with Crippen LogP contribution >= 0.6 is 11.6 Å². The van der Waals surface area contributed by atoms with Crippen molar-refractivity contribution in [3.63, 3.8) is 0 Å². The van der Waals surface area contributed by atoms with Crippen molar-refractivity contribution in [2.24, 2.45) is 0 Å². The van der Waals surface area contributed by atoms with E-state index in [1.54, 1.807) is 0 Å². The number of halogens is 1. The average molecular weight is 347 g/mol. The van der Waals surface area contributed by atoms with Crippen molar-refractivity contribution in [1.82, 2.24) is 10.6 Å². The van der Waals surface area contributed by atoms with Gasteiger partial charge in [-0.15, -0.1) is 0 Å². The second kappa shape index (κ2) is 8.47. The van der Waals surface area contributed by atoms with Gasteiger partial charge in [0.1, 0.15) is 6.04 Å². The minimum absolute atomic E-state index is 0.0166. The van der Waals surface area contributed by atoms with Crippen LogP contribution in [0.15, 0.2) is 54.6 Å². The zero-order chi connectivity index (χ0) is 17.5. The molecule has 24 heavy (non-hydrogen) atoms. The number of benzene rings is 2. The highest BCUT2D eigenvalue weighted by atomic mass is 35.5. The molecular formula is C18H21ClN3O2+. The van der Waals surface area contributed by atoms with Crippen LogP contribution in [-0.4, -0.2) is 19.0 Å². The molecule has 0 spiro atoms. The fraction of sp³-hybridized carbons (Fsp3) is 0.222. The number of imide groups is 1. The molecule has 2 rings (SSSR count). The summed E-state index contributed by atoms with van der Waals surface area (Å²) in [4.78, 5) is 24.0. The van der Waals surface area contributed by atoms with E-state index < -0.39 is 12.1 Å². The summed E-state index contributed by atoms with van der Waals surface area (Å²) in [5.74, 6) is -0.360. The van der Waals surface area contributed by atoms with E-state index in [0.29, 0.717) is 5.02 Å². The maximum absolute atomic E-state index is 12.5. The smallest absolute Gasteiger partial charge is 0.321 e. The van der Waals surface area contributed by atoms with E-state index >= 15 is 0 Å². The van der Waals surface area contributed by atoms with Gasteiger partial charge >= 0.3 is 6.03 Å². The number of nitrogens with one attached hydrogen (secondary N) is 2. The topological polar surface area (TPSA) is 74.8 Å². The van der Waals surface area contributed by atoms with E-state index in [4.69, 9.17) is 11.6 Å². The first-order chi connectivity index (χ1) is 11.5. The van der Waals surface area contributed by atoms with Crippen LogP contribution < -0.4 is 16.0 Å². The van der Waals surface area contributed by atoms with Crippen molar-refractivity contribution in [3.8, 4) is 0 Å². The molecule has 0 unspecified atom stereocenters. The van der Waals surface area contributed by atoms with Crippen molar-refractivity contribution in [3.05, 3.63) is 70.7 Å². The highest BCUT2D eigenvalue weighted by Crippen LogP contribution is 2.16. The summed E-state index contributed by atoms with van der Waals surface area (Å²) in [6, 6.07) is 15.9. The third-order valence-electron chi connectivity index (χ3n) is 3.78. The molecule has 0 aliphatic heterocycles. The van der Waals surface area contributed by atoms with Gasteiger partial charge in [0.2, 0.25) is 0 Å². The zero-order valence-corrected chi connectivity index (χ0v) is 14.4. The molecule has 6 heteroatoms. The standard InChI is InChI=1S/C18H20ClN3O2/c1-12(13-8-10-15(19)11-9-13)21-16(14-6-4-3-5-7-14)17(23)22-18(24)20-2/h3-12,16,21H,1-2H3,(H2,20,22,23,24)/p+1/t12-,16-/m0/s1. The number of urea groups is 1. The molecule has 0 heterocycles. The first-order valence-electron chi connectivity index (χ1n) is 7.69. The second-order valence-electron chi connectivity index (χ2n) is 5.49. The molecule has 4 N–H and O–H groups in total. The van der Waals surface area contributed by atoms with Gasteiger partial charge in [0.25, 0.3) is 5.91 Å². The Labute approximate surface area is 146 Å². The fourth-order valence-electron chi connectivity index (χ4n) is 2.43. The van der Waals surface area contributed by atoms with E-state index in [1.165, 1.54) is 7.05 Å². The van der Waals surface area contributed by atoms with E-state index in [1.807, 2.05) is 66.8 Å². The van der Waals surface area contributed by atoms with Gasteiger partial charge in [-0.3, -0.25) is 10.1 Å². The maximum Gasteiger partial charge on any atom is 0.321 e. The Morgan fingerprint density at radius 2 is 1.62 bits per heavy atom. The number of quaternary nitrogens is 1. The SMILES string of the molecule is CNC(=O)NC(=O)[C@@H]([NH2+][C@@H](C)c1ccc(Cl)cc1)c1ccccc1. The van der Waals surface area contributed by atoms with Gasteiger partial charge in [-0.2, -0.15) is 0 Å². The largest absolute Gasteiger partial charge is 0.341 e. The van der Waals surface area contributed by atoms with E-state index in [0.717, 1.165) is 11.1 Å². The molecule has 0 bridgehead atoms. The van der Waals surface area contributed by atoms with Crippen LogP contribution in [0.2, 0.25) is 5.02 Å². The van der Waals surface area contributed by atoms with Crippen LogP contribution in [0.1, 0.15) is 30.1 Å². The molecule has 0 aromatic heterocycles. The number of amides is 3. The van der Waals surface area contributed by atoms with Gasteiger partial charge in [0.15, 0.2) is 6.04 Å². The molecule has 0 fully saturated rings. The number of carbonyl (C=O) groups excluding carboxylic acids is 2. The van der Waals surface area contributed by atoms with Crippen molar-refractivity contribution in [2.45, 2.75) is 19.0 Å². The number of carbonyl (C=O) groups is 2. The average Bonchev–Trinajstić information content (AvgIpc) is 2.60. The Kier molecular flexibility index (Phi) is 6.35. The summed E-state index contributed by atoms with van der Waals surface area (Å²) in [5.41, 5.74) is 1.88. The lowest BCUT2D eigenvalue weighted by molar-refractivity contribution is -0.719. The van der Waals surface area contributed by atoms with Crippen LogP contribution in [0.4, 0.5) is 4.79 Å². The summed E-state index contributed by atoms with van der Waals surface area (Å²) in [6.45, 7) is 2.01. The Morgan fingerprint density at radius 1 is 1.00 bits per heavy atom. The lowest BCUT2D eigenvalue weighted by Crippen LogP contribution is -2.88. The number of nitrogens with two attached hydrogens (primary N) is 1. The van der Waals surface area contributed by atoms with Crippen LogP contribution in [-0.2, 0) is 4.79 Å². The third kappa shape index (κ3) is 4.81.